The molecule has 0 aromatic rings. The Morgan fingerprint density at radius 3 is 2.19 bits per heavy atom. The van der Waals surface area contributed by atoms with Gasteiger partial charge in [-0.3, -0.25) is 14.4 Å². The van der Waals surface area contributed by atoms with Crippen LogP contribution >= 0.6 is 34.8 Å². The minimum atomic E-state index is -1.70. The van der Waals surface area contributed by atoms with Gasteiger partial charge in [-0.05, 0) is 25.2 Å². The third kappa shape index (κ3) is 11.6. The first kappa shape index (κ1) is 26.2. The van der Waals surface area contributed by atoms with E-state index in [1.54, 1.807) is 20.8 Å². The van der Waals surface area contributed by atoms with Gasteiger partial charge in [-0.25, -0.2) is 0 Å². The standard InChI is InChI=1S/C16H28Cl3N3O5/c1-9(22-13(25)11(23)15(2,3)4)12(24)21-7-5-6-10(20)14(26)27-8-16(17,18)19/h9-11,23H,5-8,20H2,1-4H3,(H,21,24)(H,22,25). The second kappa shape index (κ2) is 11.3. The van der Waals surface area contributed by atoms with Gasteiger partial charge in [0.1, 0.15) is 24.8 Å². The lowest BCUT2D eigenvalue weighted by Crippen LogP contribution is -2.51. The largest absolute Gasteiger partial charge is 0.460 e. The molecule has 0 aromatic heterocycles. The van der Waals surface area contributed by atoms with Gasteiger partial charge in [-0.1, -0.05) is 55.6 Å². The number of carbonyl (C=O) groups is 3. The summed E-state index contributed by atoms with van der Waals surface area (Å²) in [4.78, 5) is 35.5. The van der Waals surface area contributed by atoms with Crippen molar-refractivity contribution in [3.8, 4) is 0 Å². The number of halogens is 3. The molecule has 8 nitrogen and oxygen atoms in total. The predicted octanol–water partition coefficient (Wildman–Crippen LogP) is 1.04. The minimum absolute atomic E-state index is 0.242. The summed E-state index contributed by atoms with van der Waals surface area (Å²) in [6.45, 7) is 6.48. The van der Waals surface area contributed by atoms with Gasteiger partial charge in [-0.2, -0.15) is 0 Å². The molecule has 158 valence electrons. The third-order valence-corrected chi connectivity index (χ3v) is 3.82. The van der Waals surface area contributed by atoms with Crippen molar-refractivity contribution in [2.75, 3.05) is 13.2 Å². The third-order valence-electron chi connectivity index (χ3n) is 3.49. The van der Waals surface area contributed by atoms with E-state index in [0.717, 1.165) is 0 Å². The first-order chi connectivity index (χ1) is 12.1. The second-order valence-electron chi connectivity index (χ2n) is 7.26. The van der Waals surface area contributed by atoms with Gasteiger partial charge in [0, 0.05) is 6.54 Å². The minimum Gasteiger partial charge on any atom is -0.460 e. The summed E-state index contributed by atoms with van der Waals surface area (Å²) in [7, 11) is 0. The van der Waals surface area contributed by atoms with E-state index in [1.807, 2.05) is 0 Å². The van der Waals surface area contributed by atoms with Crippen molar-refractivity contribution in [1.82, 2.24) is 10.6 Å². The fourth-order valence-electron chi connectivity index (χ4n) is 1.82. The van der Waals surface area contributed by atoms with E-state index in [9.17, 15) is 19.5 Å². The van der Waals surface area contributed by atoms with E-state index in [4.69, 9.17) is 45.3 Å². The summed E-state index contributed by atoms with van der Waals surface area (Å²) in [6.07, 6.45) is -0.576. The monoisotopic (exact) mass is 447 g/mol. The summed E-state index contributed by atoms with van der Waals surface area (Å²) < 4.78 is 3.06. The Kier molecular flexibility index (Phi) is 10.9. The number of rotatable bonds is 9. The molecular formula is C16H28Cl3N3O5. The average Bonchev–Trinajstić information content (AvgIpc) is 2.53. The van der Waals surface area contributed by atoms with E-state index in [2.05, 4.69) is 10.6 Å². The van der Waals surface area contributed by atoms with Gasteiger partial charge < -0.3 is 26.2 Å². The highest BCUT2D eigenvalue weighted by atomic mass is 35.6. The lowest BCUT2D eigenvalue weighted by molar-refractivity contribution is -0.145. The molecule has 0 aliphatic heterocycles. The number of carbonyl (C=O) groups excluding carboxylic acids is 3. The maximum absolute atomic E-state index is 12.0. The predicted molar refractivity (Wildman–Crippen MR) is 105 cm³/mol. The van der Waals surface area contributed by atoms with E-state index < -0.39 is 51.8 Å². The number of hydrogen-bond donors (Lipinski definition) is 4. The van der Waals surface area contributed by atoms with Crippen molar-refractivity contribution < 1.29 is 24.2 Å². The highest BCUT2D eigenvalue weighted by molar-refractivity contribution is 6.67. The summed E-state index contributed by atoms with van der Waals surface area (Å²) in [5.41, 5.74) is 5.02. The van der Waals surface area contributed by atoms with Crippen molar-refractivity contribution in [3.63, 3.8) is 0 Å². The molecule has 0 saturated heterocycles. The van der Waals surface area contributed by atoms with Crippen LogP contribution in [-0.2, 0) is 19.1 Å². The maximum atomic E-state index is 12.0. The van der Waals surface area contributed by atoms with Crippen LogP contribution in [0.3, 0.4) is 0 Å². The van der Waals surface area contributed by atoms with Crippen LogP contribution in [0.1, 0.15) is 40.5 Å². The number of nitrogens with one attached hydrogen (secondary N) is 2. The zero-order valence-electron chi connectivity index (χ0n) is 15.9. The number of esters is 1. The van der Waals surface area contributed by atoms with Crippen LogP contribution in [0.25, 0.3) is 0 Å². The Hall–Kier alpha value is -0.800. The first-order valence-corrected chi connectivity index (χ1v) is 9.53. The van der Waals surface area contributed by atoms with Crippen molar-refractivity contribution in [2.24, 2.45) is 11.1 Å². The molecule has 27 heavy (non-hydrogen) atoms. The quantitative estimate of drug-likeness (QED) is 0.237. The number of hydrogen-bond acceptors (Lipinski definition) is 6. The molecule has 0 bridgehead atoms. The molecule has 0 spiro atoms. The normalized spacial score (nSPS) is 15.4. The Morgan fingerprint density at radius 1 is 1.15 bits per heavy atom. The molecule has 0 aliphatic rings. The summed E-state index contributed by atoms with van der Waals surface area (Å²) in [5.74, 6) is -1.75. The molecule has 3 atom stereocenters. The molecule has 0 radical (unpaired) electrons. The molecule has 3 unspecified atom stereocenters. The van der Waals surface area contributed by atoms with Crippen molar-refractivity contribution in [2.45, 2.75) is 62.5 Å². The van der Waals surface area contributed by atoms with Crippen molar-refractivity contribution in [1.29, 1.82) is 0 Å². The number of ether oxygens (including phenoxy) is 1. The fourth-order valence-corrected chi connectivity index (χ4v) is 1.98. The highest BCUT2D eigenvalue weighted by Gasteiger charge is 2.30. The molecule has 2 amide bonds. The zero-order chi connectivity index (χ0) is 21.4. The van der Waals surface area contributed by atoms with Gasteiger partial charge in [0.2, 0.25) is 15.6 Å². The van der Waals surface area contributed by atoms with Crippen LogP contribution in [0.2, 0.25) is 0 Å². The van der Waals surface area contributed by atoms with Crippen LogP contribution < -0.4 is 16.4 Å². The van der Waals surface area contributed by atoms with Crippen LogP contribution in [0, 0.1) is 5.41 Å². The lowest BCUT2D eigenvalue weighted by Gasteiger charge is -2.26. The van der Waals surface area contributed by atoms with E-state index in [1.165, 1.54) is 6.92 Å². The van der Waals surface area contributed by atoms with Gasteiger partial charge >= 0.3 is 5.97 Å². The number of amides is 2. The fraction of sp³-hybridized carbons (Fsp3) is 0.812. The number of alkyl halides is 3. The Labute approximate surface area is 174 Å². The topological polar surface area (TPSA) is 131 Å². The Bertz CT molecular complexity index is 520. The number of aliphatic hydroxyl groups excluding tert-OH is 1. The summed E-state index contributed by atoms with van der Waals surface area (Å²) in [6, 6.07) is -1.73. The molecule has 0 heterocycles. The van der Waals surface area contributed by atoms with Crippen LogP contribution in [-0.4, -0.2) is 58.0 Å². The molecular weight excluding hydrogens is 421 g/mol. The molecule has 0 saturated carbocycles. The first-order valence-electron chi connectivity index (χ1n) is 8.40. The SMILES string of the molecule is CC(NC(=O)C(O)C(C)(C)C)C(=O)NCCCC(N)C(=O)OCC(Cl)(Cl)Cl. The van der Waals surface area contributed by atoms with Crippen molar-refractivity contribution in [3.05, 3.63) is 0 Å². The Morgan fingerprint density at radius 2 is 1.70 bits per heavy atom. The smallest absolute Gasteiger partial charge is 0.323 e. The lowest BCUT2D eigenvalue weighted by atomic mass is 9.88. The van der Waals surface area contributed by atoms with Gasteiger partial charge in [0.15, 0.2) is 0 Å². The van der Waals surface area contributed by atoms with Gasteiger partial charge in [-0.15, -0.1) is 0 Å². The van der Waals surface area contributed by atoms with E-state index >= 15 is 0 Å². The molecule has 0 rings (SSSR count). The van der Waals surface area contributed by atoms with Crippen molar-refractivity contribution >= 4 is 52.6 Å². The Balaban J connectivity index is 4.15. The number of aliphatic hydroxyl groups is 1. The molecule has 0 aromatic carbocycles. The maximum Gasteiger partial charge on any atom is 0.323 e. The molecule has 0 fully saturated rings. The zero-order valence-corrected chi connectivity index (χ0v) is 18.1. The number of nitrogens with two attached hydrogens (primary N) is 1. The van der Waals surface area contributed by atoms with E-state index in [0.29, 0.717) is 6.42 Å². The van der Waals surface area contributed by atoms with Crippen LogP contribution in [0.15, 0.2) is 0 Å². The molecule has 5 N–H and O–H groups in total. The summed E-state index contributed by atoms with van der Waals surface area (Å²) in [5, 5.41) is 14.9. The van der Waals surface area contributed by atoms with Gasteiger partial charge in [0.05, 0.1) is 0 Å². The average molecular weight is 449 g/mol. The second-order valence-corrected chi connectivity index (χ2v) is 9.78. The molecule has 0 aliphatic carbocycles. The van der Waals surface area contributed by atoms with Crippen LogP contribution in [0.5, 0.6) is 0 Å². The van der Waals surface area contributed by atoms with E-state index in [-0.39, 0.29) is 13.0 Å². The molecule has 11 heteroatoms. The van der Waals surface area contributed by atoms with Gasteiger partial charge in [0.25, 0.3) is 0 Å². The highest BCUT2D eigenvalue weighted by Crippen LogP contribution is 2.26. The summed E-state index contributed by atoms with van der Waals surface area (Å²) >= 11 is 16.4. The van der Waals surface area contributed by atoms with Crippen LogP contribution in [0.4, 0.5) is 0 Å².